The van der Waals surface area contributed by atoms with Crippen LogP contribution in [0.25, 0.3) is 0 Å². The van der Waals surface area contributed by atoms with Crippen molar-refractivity contribution in [3.8, 4) is 0 Å². The van der Waals surface area contributed by atoms with Crippen LogP contribution < -0.4 is 4.90 Å². The van der Waals surface area contributed by atoms with Gasteiger partial charge in [-0.3, -0.25) is 4.99 Å². The van der Waals surface area contributed by atoms with Crippen LogP contribution in [0.2, 0.25) is 0 Å². The second-order valence-electron chi connectivity index (χ2n) is 14.4. The minimum absolute atomic E-state index is 0.105. The zero-order valence-electron chi connectivity index (χ0n) is 31.9. The molecule has 1 atom stereocenters. The Bertz CT molecular complexity index is 1590. The molecule has 1 unspecified atom stereocenters. The number of anilines is 1. The standard InChI is InChI=1S/C40H60N4O3P/c1-10-41-30-47-48(32(4)5,42-31(2)3)46-29-19-27-44-36-23-15-13-21-34(36)40(8,9)38(44)25-18-24-37-39(6,7)33-20-12-14-22-35(33)43(37)26-16-11-17-28-45/h12-15,18,20-25,30-32,45H,10-11,16-17,19,26-29H2,1-9H3/q+1/i45T. The van der Waals surface area contributed by atoms with E-state index in [2.05, 4.69) is 142 Å². The van der Waals surface area contributed by atoms with Gasteiger partial charge in [0.05, 0.1) is 12.0 Å². The van der Waals surface area contributed by atoms with E-state index in [0.29, 0.717) is 19.8 Å². The van der Waals surface area contributed by atoms with E-state index in [1.807, 2.05) is 6.92 Å². The quantitative estimate of drug-likeness (QED) is 0.0561. The Balaban J connectivity index is 1.62. The van der Waals surface area contributed by atoms with Gasteiger partial charge in [0.2, 0.25) is 7.12 Å². The summed E-state index contributed by atoms with van der Waals surface area (Å²) in [6.07, 6.45) is 12.3. The zero-order chi connectivity index (χ0) is 35.7. The van der Waals surface area contributed by atoms with Crippen LogP contribution in [-0.2, 0) is 19.9 Å². The van der Waals surface area contributed by atoms with Crippen molar-refractivity contribution in [2.45, 2.75) is 111 Å². The smallest absolute Gasteiger partial charge is 0.266 e. The van der Waals surface area contributed by atoms with E-state index in [1.54, 1.807) is 6.40 Å². The molecule has 262 valence electrons. The zero-order valence-corrected chi connectivity index (χ0v) is 31.8. The van der Waals surface area contributed by atoms with Gasteiger partial charge in [-0.05, 0) is 71.6 Å². The van der Waals surface area contributed by atoms with E-state index in [4.69, 9.17) is 15.2 Å². The number of para-hydroxylation sites is 2. The van der Waals surface area contributed by atoms with Crippen molar-refractivity contribution in [2.24, 2.45) is 9.74 Å². The molecule has 0 aliphatic carbocycles. The molecule has 0 amide bonds. The number of allylic oxidation sites excluding steroid dienone is 4. The molecule has 0 bridgehead atoms. The maximum absolute atomic E-state index is 7.00. The first kappa shape index (κ1) is 36.3. The summed E-state index contributed by atoms with van der Waals surface area (Å²) in [6, 6.07) is 17.7. The molecule has 2 aliphatic rings. The monoisotopic (exact) mass is 677 g/mol. The van der Waals surface area contributed by atoms with Crippen molar-refractivity contribution in [2.75, 3.05) is 37.7 Å². The van der Waals surface area contributed by atoms with Crippen LogP contribution in [0.3, 0.4) is 0 Å². The SMILES string of the molecule is [3H]OCCCCCN1C(=CC=CC2=[N+](CCCOP(=NC(C)C)(OC=NCC)C(C)C)c3ccccc3C2(C)C)C(C)(C)c2ccccc21. The minimum Gasteiger partial charge on any atom is -0.427 e. The Kier molecular flexibility index (Phi) is 12.6. The summed E-state index contributed by atoms with van der Waals surface area (Å²) in [6.45, 7) is 23.2. The molecule has 0 spiro atoms. The maximum atomic E-state index is 7.00. The lowest BCUT2D eigenvalue weighted by Gasteiger charge is -2.27. The summed E-state index contributed by atoms with van der Waals surface area (Å²) in [7, 11) is -2.50. The number of aliphatic hydroxyl groups excluding tert-OH is 1. The second-order valence-corrected chi connectivity index (χ2v) is 17.3. The van der Waals surface area contributed by atoms with Gasteiger partial charge < -0.3 is 19.1 Å². The molecule has 4 rings (SSSR count). The summed E-state index contributed by atoms with van der Waals surface area (Å²) in [4.78, 5) is 6.79. The van der Waals surface area contributed by atoms with Gasteiger partial charge in [0, 0.05) is 72.3 Å². The van der Waals surface area contributed by atoms with Crippen molar-refractivity contribution in [1.82, 2.24) is 0 Å². The second kappa shape index (κ2) is 16.6. The topological polar surface area (TPSA) is 69.7 Å². The van der Waals surface area contributed by atoms with Crippen LogP contribution in [0.15, 0.2) is 82.2 Å². The number of benzene rings is 2. The van der Waals surface area contributed by atoms with Crippen molar-refractivity contribution in [3.63, 3.8) is 0 Å². The fourth-order valence-corrected chi connectivity index (χ4v) is 9.18. The number of nitrogens with zero attached hydrogens (tertiary/aromatic N) is 4. The number of unbranched alkanes of at least 4 members (excludes halogenated alkanes) is 2. The lowest BCUT2D eigenvalue weighted by atomic mass is 9.81. The summed E-state index contributed by atoms with van der Waals surface area (Å²) >= 11 is 0. The third kappa shape index (κ3) is 8.23. The number of hydrogen-bond acceptors (Lipinski definition) is 6. The Morgan fingerprint density at radius 3 is 2.40 bits per heavy atom. The molecule has 0 saturated heterocycles. The van der Waals surface area contributed by atoms with Gasteiger partial charge in [0.25, 0.3) is 7.51 Å². The summed E-state index contributed by atoms with van der Waals surface area (Å²) in [5.74, 6) is 0. The predicted molar refractivity (Wildman–Crippen MR) is 205 cm³/mol. The van der Waals surface area contributed by atoms with Crippen LogP contribution in [0.5, 0.6) is 0 Å². The molecule has 2 aromatic carbocycles. The number of fused-ring (bicyclic) bond motifs is 2. The highest BCUT2D eigenvalue weighted by molar-refractivity contribution is 7.57. The number of rotatable bonds is 18. The molecule has 8 heteroatoms. The van der Waals surface area contributed by atoms with E-state index < -0.39 is 7.51 Å². The summed E-state index contributed by atoms with van der Waals surface area (Å²) < 4.78 is 27.3. The number of aliphatic hydroxyl groups is 1. The van der Waals surface area contributed by atoms with Crippen LogP contribution in [0.4, 0.5) is 11.4 Å². The summed E-state index contributed by atoms with van der Waals surface area (Å²) in [5, 5.41) is 4.55. The van der Waals surface area contributed by atoms with Gasteiger partial charge >= 0.3 is 0 Å². The first-order valence-corrected chi connectivity index (χ1v) is 19.6. The van der Waals surface area contributed by atoms with Gasteiger partial charge in [-0.1, -0.05) is 70.2 Å². The molecule has 0 aromatic heterocycles. The lowest BCUT2D eigenvalue weighted by Crippen LogP contribution is -2.28. The molecule has 2 aromatic rings. The largest absolute Gasteiger partial charge is 0.427 e. The Hall–Kier alpha value is -2.99. The minimum atomic E-state index is -2.50. The number of hydrogen-bond donors (Lipinski definition) is 1. The summed E-state index contributed by atoms with van der Waals surface area (Å²) in [5.41, 5.74) is 7.71. The van der Waals surface area contributed by atoms with Crippen molar-refractivity contribution < 1.29 is 18.7 Å². The van der Waals surface area contributed by atoms with E-state index in [9.17, 15) is 0 Å². The van der Waals surface area contributed by atoms with Gasteiger partial charge in [-0.15, -0.1) is 0 Å². The molecule has 0 fully saturated rings. The Morgan fingerprint density at radius 1 is 0.958 bits per heavy atom. The van der Waals surface area contributed by atoms with E-state index in [1.165, 1.54) is 33.9 Å². The van der Waals surface area contributed by atoms with Crippen molar-refractivity contribution in [3.05, 3.63) is 83.6 Å². The number of aliphatic imine (C=N–C) groups is 1. The molecular weight excluding hydrogens is 615 g/mol. The molecule has 48 heavy (non-hydrogen) atoms. The van der Waals surface area contributed by atoms with Crippen LogP contribution in [0, 0.1) is 0 Å². The first-order chi connectivity index (χ1) is 23.4. The molecule has 1 N–H and O–H groups in total. The third-order valence-corrected chi connectivity index (χ3v) is 12.5. The van der Waals surface area contributed by atoms with E-state index >= 15 is 0 Å². The van der Waals surface area contributed by atoms with Gasteiger partial charge in [-0.25, -0.2) is 4.74 Å². The highest BCUT2D eigenvalue weighted by Gasteiger charge is 2.44. The van der Waals surface area contributed by atoms with Crippen LogP contribution in [0.1, 0.15) is 99.1 Å². The molecule has 2 heterocycles. The molecule has 0 saturated carbocycles. The Morgan fingerprint density at radius 2 is 1.69 bits per heavy atom. The highest BCUT2D eigenvalue weighted by Crippen LogP contribution is 2.56. The van der Waals surface area contributed by atoms with E-state index in [-0.39, 0.29) is 22.5 Å². The third-order valence-electron chi connectivity index (χ3n) is 9.43. The van der Waals surface area contributed by atoms with Gasteiger partial charge in [0.15, 0.2) is 18.7 Å². The van der Waals surface area contributed by atoms with Gasteiger partial charge in [0.1, 0.15) is 0 Å². The molecular formula is C40H60N4O3P+. The fourth-order valence-electron chi connectivity index (χ4n) is 6.95. The van der Waals surface area contributed by atoms with Crippen molar-refractivity contribution >= 4 is 31.0 Å². The van der Waals surface area contributed by atoms with E-state index in [0.717, 1.165) is 38.8 Å². The fraction of sp³-hybridized carbons (Fsp3) is 0.550. The molecule has 0 radical (unpaired) electrons. The van der Waals surface area contributed by atoms with Crippen molar-refractivity contribution in [1.29, 1.82) is 1.43 Å². The maximum Gasteiger partial charge on any atom is 0.266 e. The average molecular weight is 678 g/mol. The Labute approximate surface area is 292 Å². The normalized spacial score (nSPS) is 19.1. The predicted octanol–water partition coefficient (Wildman–Crippen LogP) is 9.78. The first-order valence-electron chi connectivity index (χ1n) is 18.3. The molecule has 2 aliphatic heterocycles. The van der Waals surface area contributed by atoms with Crippen LogP contribution in [-0.4, -0.2) is 67.8 Å². The van der Waals surface area contributed by atoms with Crippen LogP contribution >= 0.6 is 7.51 Å². The van der Waals surface area contributed by atoms with Gasteiger partial charge in [-0.2, -0.15) is 4.58 Å². The highest BCUT2D eigenvalue weighted by atomic mass is 31.2. The average Bonchev–Trinajstić information content (AvgIpc) is 3.41. The molecule has 7 nitrogen and oxygen atoms in total. The lowest BCUT2D eigenvalue weighted by molar-refractivity contribution is -0.438.